The van der Waals surface area contributed by atoms with Gasteiger partial charge in [-0.15, -0.1) is 0 Å². The highest BCUT2D eigenvalue weighted by Gasteiger charge is 2.26. The molecule has 2 heteroatoms. The molecule has 1 aliphatic rings. The number of nitrogens with two attached hydrogens (primary N) is 1. The van der Waals surface area contributed by atoms with E-state index < -0.39 is 0 Å². The molecule has 0 fully saturated rings. The predicted octanol–water partition coefficient (Wildman–Crippen LogP) is 1.07. The molecule has 72 valence electrons. The summed E-state index contributed by atoms with van der Waals surface area (Å²) in [6.45, 7) is 9.22. The largest absolute Gasteiger partial charge is 0.338 e. The fourth-order valence-electron chi connectivity index (χ4n) is 2.30. The molecule has 2 N–H and O–H groups in total. The highest BCUT2D eigenvalue weighted by molar-refractivity contribution is 5.18. The summed E-state index contributed by atoms with van der Waals surface area (Å²) >= 11 is 0. The smallest absolute Gasteiger partial charge is 0.129 e. The first-order chi connectivity index (χ1) is 6.20. The van der Waals surface area contributed by atoms with E-state index in [0.29, 0.717) is 6.04 Å². The number of hydrogen-bond donors (Lipinski definition) is 1. The SMILES string of the molecule is Cc1ccc2n1CC[NH2+][C@H]2C(C)C. The molecule has 0 unspecified atom stereocenters. The van der Waals surface area contributed by atoms with Crippen LogP contribution >= 0.6 is 0 Å². The maximum absolute atomic E-state index is 2.47. The third-order valence-corrected chi connectivity index (χ3v) is 3.07. The van der Waals surface area contributed by atoms with Crippen LogP contribution in [0.4, 0.5) is 0 Å². The van der Waals surface area contributed by atoms with Crippen LogP contribution in [0.15, 0.2) is 12.1 Å². The first kappa shape index (κ1) is 8.82. The van der Waals surface area contributed by atoms with Crippen molar-refractivity contribution in [3.63, 3.8) is 0 Å². The molecule has 0 aliphatic carbocycles. The van der Waals surface area contributed by atoms with E-state index in [0.717, 1.165) is 5.92 Å². The van der Waals surface area contributed by atoms with Crippen LogP contribution in [-0.4, -0.2) is 11.1 Å². The summed E-state index contributed by atoms with van der Waals surface area (Å²) in [6.07, 6.45) is 0. The van der Waals surface area contributed by atoms with E-state index in [1.54, 1.807) is 0 Å². The lowest BCUT2D eigenvalue weighted by molar-refractivity contribution is -0.709. The van der Waals surface area contributed by atoms with Crippen LogP contribution in [-0.2, 0) is 6.54 Å². The van der Waals surface area contributed by atoms with Crippen LogP contribution < -0.4 is 5.32 Å². The Morgan fingerprint density at radius 1 is 1.46 bits per heavy atom. The van der Waals surface area contributed by atoms with Crippen molar-refractivity contribution in [3.8, 4) is 0 Å². The van der Waals surface area contributed by atoms with Gasteiger partial charge < -0.3 is 9.88 Å². The fourth-order valence-corrected chi connectivity index (χ4v) is 2.30. The predicted molar refractivity (Wildman–Crippen MR) is 53.5 cm³/mol. The van der Waals surface area contributed by atoms with Gasteiger partial charge in [0, 0.05) is 11.6 Å². The summed E-state index contributed by atoms with van der Waals surface area (Å²) in [7, 11) is 0. The third kappa shape index (κ3) is 1.39. The number of quaternary nitrogens is 1. The molecule has 0 saturated heterocycles. The van der Waals surface area contributed by atoms with Crippen LogP contribution in [0.1, 0.15) is 31.3 Å². The van der Waals surface area contributed by atoms with Gasteiger partial charge in [0.05, 0.1) is 18.8 Å². The molecule has 1 aromatic heterocycles. The monoisotopic (exact) mass is 179 g/mol. The van der Waals surface area contributed by atoms with E-state index in [4.69, 9.17) is 0 Å². The Hall–Kier alpha value is -0.760. The Morgan fingerprint density at radius 2 is 2.23 bits per heavy atom. The summed E-state index contributed by atoms with van der Waals surface area (Å²) in [6, 6.07) is 5.20. The second-order valence-corrected chi connectivity index (χ2v) is 4.35. The van der Waals surface area contributed by atoms with Crippen molar-refractivity contribution in [1.29, 1.82) is 0 Å². The van der Waals surface area contributed by atoms with Crippen LogP contribution in [0.2, 0.25) is 0 Å². The van der Waals surface area contributed by atoms with Gasteiger partial charge in [0.1, 0.15) is 6.04 Å². The Kier molecular flexibility index (Phi) is 2.16. The first-order valence-corrected chi connectivity index (χ1v) is 5.19. The van der Waals surface area contributed by atoms with Gasteiger partial charge in [0.2, 0.25) is 0 Å². The number of rotatable bonds is 1. The Labute approximate surface area is 79.9 Å². The highest BCUT2D eigenvalue weighted by atomic mass is 15.1. The van der Waals surface area contributed by atoms with Gasteiger partial charge in [-0.05, 0) is 19.1 Å². The quantitative estimate of drug-likeness (QED) is 0.666. The Morgan fingerprint density at radius 3 is 2.92 bits per heavy atom. The number of fused-ring (bicyclic) bond motifs is 1. The molecule has 1 aromatic rings. The second-order valence-electron chi connectivity index (χ2n) is 4.35. The van der Waals surface area contributed by atoms with Crippen molar-refractivity contribution in [2.45, 2.75) is 33.4 Å². The van der Waals surface area contributed by atoms with Gasteiger partial charge in [-0.3, -0.25) is 0 Å². The van der Waals surface area contributed by atoms with Crippen LogP contribution in [0.5, 0.6) is 0 Å². The zero-order chi connectivity index (χ0) is 9.42. The number of hydrogen-bond acceptors (Lipinski definition) is 0. The second kappa shape index (κ2) is 3.18. The van der Waals surface area contributed by atoms with Crippen molar-refractivity contribution in [2.75, 3.05) is 6.54 Å². The van der Waals surface area contributed by atoms with Crippen molar-refractivity contribution in [1.82, 2.24) is 4.57 Å². The topological polar surface area (TPSA) is 21.5 Å². The fraction of sp³-hybridized carbons (Fsp3) is 0.636. The lowest BCUT2D eigenvalue weighted by Gasteiger charge is -2.26. The summed E-state index contributed by atoms with van der Waals surface area (Å²) in [5.74, 6) is 0.730. The highest BCUT2D eigenvalue weighted by Crippen LogP contribution is 2.22. The molecule has 1 aliphatic heterocycles. The molecule has 2 rings (SSSR count). The average molecular weight is 179 g/mol. The van der Waals surface area contributed by atoms with Crippen LogP contribution in [0.25, 0.3) is 0 Å². The summed E-state index contributed by atoms with van der Waals surface area (Å²) in [5, 5.41) is 2.47. The van der Waals surface area contributed by atoms with Gasteiger partial charge >= 0.3 is 0 Å². The molecule has 0 aromatic carbocycles. The van der Waals surface area contributed by atoms with Gasteiger partial charge in [0.25, 0.3) is 0 Å². The molecule has 2 nitrogen and oxygen atoms in total. The lowest BCUT2D eigenvalue weighted by atomic mass is 10.00. The lowest BCUT2D eigenvalue weighted by Crippen LogP contribution is -2.88. The molecule has 0 saturated carbocycles. The summed E-state index contributed by atoms with van der Waals surface area (Å²) in [4.78, 5) is 0. The van der Waals surface area contributed by atoms with Crippen molar-refractivity contribution >= 4 is 0 Å². The van der Waals surface area contributed by atoms with Crippen LogP contribution in [0, 0.1) is 12.8 Å². The first-order valence-electron chi connectivity index (χ1n) is 5.19. The molecule has 0 amide bonds. The van der Waals surface area contributed by atoms with Gasteiger partial charge in [-0.25, -0.2) is 0 Å². The normalized spacial score (nSPS) is 22.0. The van der Waals surface area contributed by atoms with E-state index in [-0.39, 0.29) is 0 Å². The van der Waals surface area contributed by atoms with E-state index in [1.165, 1.54) is 24.5 Å². The zero-order valence-electron chi connectivity index (χ0n) is 8.75. The Balaban J connectivity index is 2.38. The Bertz CT molecular complexity index is 299. The summed E-state index contributed by atoms with van der Waals surface area (Å²) in [5.41, 5.74) is 2.92. The van der Waals surface area contributed by atoms with Gasteiger partial charge in [-0.1, -0.05) is 13.8 Å². The molecule has 0 radical (unpaired) electrons. The summed E-state index contributed by atoms with van der Waals surface area (Å²) < 4.78 is 2.46. The molecular weight excluding hydrogens is 160 g/mol. The number of nitrogens with zero attached hydrogens (tertiary/aromatic N) is 1. The van der Waals surface area contributed by atoms with E-state index in [1.807, 2.05) is 0 Å². The molecule has 0 bridgehead atoms. The molecule has 0 spiro atoms. The van der Waals surface area contributed by atoms with E-state index >= 15 is 0 Å². The van der Waals surface area contributed by atoms with Crippen LogP contribution in [0.3, 0.4) is 0 Å². The standard InChI is InChI=1S/C11H18N2/c1-8(2)11-10-5-4-9(3)13(10)7-6-12-11/h4-5,8,11-12H,6-7H2,1-3H3/p+1/t11-/m0/s1. The van der Waals surface area contributed by atoms with Crippen molar-refractivity contribution in [2.24, 2.45) is 5.92 Å². The average Bonchev–Trinajstić information content (AvgIpc) is 2.48. The minimum atomic E-state index is 0.669. The van der Waals surface area contributed by atoms with Crippen molar-refractivity contribution < 1.29 is 5.32 Å². The van der Waals surface area contributed by atoms with Gasteiger partial charge in [-0.2, -0.15) is 0 Å². The zero-order valence-corrected chi connectivity index (χ0v) is 8.75. The third-order valence-electron chi connectivity index (χ3n) is 3.07. The maximum atomic E-state index is 2.47. The minimum absolute atomic E-state index is 0.669. The van der Waals surface area contributed by atoms with Gasteiger partial charge in [0.15, 0.2) is 0 Å². The molecule has 2 heterocycles. The maximum Gasteiger partial charge on any atom is 0.129 e. The van der Waals surface area contributed by atoms with E-state index in [9.17, 15) is 0 Å². The minimum Gasteiger partial charge on any atom is -0.338 e. The molecule has 1 atom stereocenters. The number of aryl methyl sites for hydroxylation is 1. The molecular formula is C11H19N2+. The molecule has 13 heavy (non-hydrogen) atoms. The van der Waals surface area contributed by atoms with Crippen molar-refractivity contribution in [3.05, 3.63) is 23.5 Å². The van der Waals surface area contributed by atoms with E-state index in [2.05, 4.69) is 42.8 Å². The number of aromatic nitrogens is 1.